The van der Waals surface area contributed by atoms with Crippen molar-refractivity contribution >= 4 is 54.4 Å². The van der Waals surface area contributed by atoms with Crippen LogP contribution in [0.4, 0.5) is 0 Å². The van der Waals surface area contributed by atoms with Gasteiger partial charge in [-0.1, -0.05) is 107 Å². The third-order valence-corrected chi connectivity index (χ3v) is 6.74. The Balaban J connectivity index is 1.74. The van der Waals surface area contributed by atoms with Gasteiger partial charge in [0.2, 0.25) is 0 Å². The molecule has 0 N–H and O–H groups in total. The predicted molar refractivity (Wildman–Crippen MR) is 142 cm³/mol. The normalized spacial score (nSPS) is 11.7. The van der Waals surface area contributed by atoms with E-state index in [0.717, 1.165) is 48.7 Å². The molecule has 0 amide bonds. The second-order valence-electron chi connectivity index (χ2n) is 8.28. The molecule has 160 valence electrons. The molecule has 0 saturated carbocycles. The second-order valence-corrected chi connectivity index (χ2v) is 9.19. The molecule has 7 rings (SSSR count). The van der Waals surface area contributed by atoms with Crippen LogP contribution in [0, 0.1) is 0 Å². The Kier molecular flexibility index (Phi) is 4.26. The summed E-state index contributed by atoms with van der Waals surface area (Å²) < 4.78 is 3.23. The third kappa shape index (κ3) is 2.87. The van der Waals surface area contributed by atoms with Gasteiger partial charge in [-0.3, -0.25) is 4.40 Å². The van der Waals surface area contributed by atoms with Gasteiger partial charge in [-0.25, -0.2) is 15.0 Å². The highest BCUT2D eigenvalue weighted by Crippen LogP contribution is 2.36. The molecular weight excluding hydrogens is 484 g/mol. The Bertz CT molecular complexity index is 1860. The average molecular weight is 501 g/mol. The molecule has 0 atom stereocenters. The fourth-order valence-electron chi connectivity index (χ4n) is 4.74. The van der Waals surface area contributed by atoms with Gasteiger partial charge in [-0.05, 0) is 17.5 Å². The van der Waals surface area contributed by atoms with Gasteiger partial charge in [0.25, 0.3) is 0 Å². The van der Waals surface area contributed by atoms with Gasteiger partial charge in [0.1, 0.15) is 16.9 Å². The Hall–Kier alpha value is -4.09. The van der Waals surface area contributed by atoms with E-state index in [1.165, 1.54) is 5.39 Å². The minimum atomic E-state index is 0.671. The summed E-state index contributed by atoms with van der Waals surface area (Å²) in [6.07, 6.45) is 0. The number of benzene rings is 4. The van der Waals surface area contributed by atoms with Gasteiger partial charge >= 0.3 is 0 Å². The molecule has 0 saturated heterocycles. The Morgan fingerprint density at radius 1 is 0.588 bits per heavy atom. The average Bonchev–Trinajstić information content (AvgIpc) is 3.29. The lowest BCUT2D eigenvalue weighted by Gasteiger charge is -2.11. The summed E-state index contributed by atoms with van der Waals surface area (Å²) in [6.45, 7) is 0. The predicted octanol–water partition coefficient (Wildman–Crippen LogP) is 7.68. The number of rotatable bonds is 2. The summed E-state index contributed by atoms with van der Waals surface area (Å²) in [6, 6.07) is 35.2. The second kappa shape index (κ2) is 7.47. The smallest absolute Gasteiger partial charge is 0.183 e. The van der Waals surface area contributed by atoms with Gasteiger partial charge in [-0.15, -0.1) is 0 Å². The topological polar surface area (TPSA) is 43.1 Å². The molecule has 0 aliphatic carbocycles. The minimum absolute atomic E-state index is 0.671. The first kappa shape index (κ1) is 19.4. The van der Waals surface area contributed by atoms with E-state index in [-0.39, 0.29) is 0 Å². The van der Waals surface area contributed by atoms with Crippen molar-refractivity contribution in [2.75, 3.05) is 0 Å². The van der Waals surface area contributed by atoms with Gasteiger partial charge in [0, 0.05) is 26.4 Å². The maximum absolute atomic E-state index is 5.09. The van der Waals surface area contributed by atoms with E-state index in [2.05, 4.69) is 74.9 Å². The molecule has 34 heavy (non-hydrogen) atoms. The largest absolute Gasteiger partial charge is 0.288 e. The zero-order chi connectivity index (χ0) is 22.6. The highest BCUT2D eigenvalue weighted by atomic mass is 79.9. The zero-order valence-electron chi connectivity index (χ0n) is 18.0. The van der Waals surface area contributed by atoms with E-state index < -0.39 is 0 Å². The number of aromatic nitrogens is 4. The summed E-state index contributed by atoms with van der Waals surface area (Å²) >= 11 is 3.68. The van der Waals surface area contributed by atoms with Crippen LogP contribution in [0.2, 0.25) is 0 Å². The Labute approximate surface area is 203 Å². The van der Waals surface area contributed by atoms with Crippen LogP contribution in [0.25, 0.3) is 61.1 Å². The molecule has 0 bridgehead atoms. The Morgan fingerprint density at radius 3 is 2.03 bits per heavy atom. The quantitative estimate of drug-likeness (QED) is 0.228. The number of hydrogen-bond acceptors (Lipinski definition) is 3. The molecule has 0 aliphatic heterocycles. The summed E-state index contributed by atoms with van der Waals surface area (Å²) in [4.78, 5) is 15.1. The SMILES string of the molecule is Brc1ccc2c3ccccc3c3nc4nc(-c5ccccc5)nc(-c5ccccc5)c4n3c2c1. The van der Waals surface area contributed by atoms with Crippen LogP contribution in [-0.2, 0) is 0 Å². The van der Waals surface area contributed by atoms with Gasteiger partial charge < -0.3 is 0 Å². The van der Waals surface area contributed by atoms with Crippen molar-refractivity contribution in [3.63, 3.8) is 0 Å². The van der Waals surface area contributed by atoms with Crippen molar-refractivity contribution in [3.05, 3.63) is 108 Å². The monoisotopic (exact) mass is 500 g/mol. The standard InChI is InChI=1S/C29H17BrN4/c30-20-15-16-22-21-13-7-8-14-23(21)29-33-28-26(34(29)24(22)17-20)25(18-9-3-1-4-10-18)31-27(32-28)19-11-5-2-6-12-19/h1-17H. The summed E-state index contributed by atoms with van der Waals surface area (Å²) in [5.74, 6) is 0.671. The number of fused-ring (bicyclic) bond motifs is 8. The molecule has 0 spiro atoms. The van der Waals surface area contributed by atoms with Crippen LogP contribution >= 0.6 is 15.9 Å². The first-order valence-corrected chi connectivity index (χ1v) is 11.9. The maximum atomic E-state index is 5.09. The number of hydrogen-bond donors (Lipinski definition) is 0. The van der Waals surface area contributed by atoms with Crippen molar-refractivity contribution in [1.29, 1.82) is 0 Å². The van der Waals surface area contributed by atoms with E-state index >= 15 is 0 Å². The maximum Gasteiger partial charge on any atom is 0.183 e. The fourth-order valence-corrected chi connectivity index (χ4v) is 5.09. The molecule has 0 aliphatic rings. The van der Waals surface area contributed by atoms with Crippen LogP contribution in [0.3, 0.4) is 0 Å². The van der Waals surface area contributed by atoms with Crippen molar-refractivity contribution in [2.45, 2.75) is 0 Å². The molecule has 3 aromatic heterocycles. The third-order valence-electron chi connectivity index (χ3n) is 6.25. The van der Waals surface area contributed by atoms with Crippen LogP contribution in [0.1, 0.15) is 0 Å². The molecule has 0 unspecified atom stereocenters. The lowest BCUT2D eigenvalue weighted by Crippen LogP contribution is -1.97. The van der Waals surface area contributed by atoms with Crippen LogP contribution in [0.15, 0.2) is 108 Å². The number of imidazole rings is 1. The van der Waals surface area contributed by atoms with E-state index in [4.69, 9.17) is 15.0 Å². The molecule has 4 nitrogen and oxygen atoms in total. The molecular formula is C29H17BrN4. The van der Waals surface area contributed by atoms with Crippen molar-refractivity contribution < 1.29 is 0 Å². The molecule has 7 aromatic rings. The van der Waals surface area contributed by atoms with Crippen LogP contribution < -0.4 is 0 Å². The zero-order valence-corrected chi connectivity index (χ0v) is 19.6. The van der Waals surface area contributed by atoms with Crippen LogP contribution in [0.5, 0.6) is 0 Å². The van der Waals surface area contributed by atoms with Gasteiger partial charge in [0.05, 0.1) is 5.52 Å². The van der Waals surface area contributed by atoms with E-state index in [1.807, 2.05) is 48.5 Å². The van der Waals surface area contributed by atoms with Crippen molar-refractivity contribution in [2.24, 2.45) is 0 Å². The number of nitrogens with zero attached hydrogens (tertiary/aromatic N) is 4. The molecule has 5 heteroatoms. The molecule has 3 heterocycles. The van der Waals surface area contributed by atoms with E-state index in [9.17, 15) is 0 Å². The highest BCUT2D eigenvalue weighted by molar-refractivity contribution is 9.10. The van der Waals surface area contributed by atoms with Crippen molar-refractivity contribution in [1.82, 2.24) is 19.4 Å². The van der Waals surface area contributed by atoms with Crippen LogP contribution in [-0.4, -0.2) is 19.4 Å². The van der Waals surface area contributed by atoms with Gasteiger partial charge in [0.15, 0.2) is 11.5 Å². The first-order chi connectivity index (χ1) is 16.8. The van der Waals surface area contributed by atoms with E-state index in [1.54, 1.807) is 0 Å². The summed E-state index contributed by atoms with van der Waals surface area (Å²) in [7, 11) is 0. The first-order valence-electron chi connectivity index (χ1n) is 11.1. The minimum Gasteiger partial charge on any atom is -0.288 e. The number of halogens is 1. The molecule has 0 radical (unpaired) electrons. The lowest BCUT2D eigenvalue weighted by molar-refractivity contribution is 1.20. The van der Waals surface area contributed by atoms with Gasteiger partial charge in [-0.2, -0.15) is 0 Å². The summed E-state index contributed by atoms with van der Waals surface area (Å²) in [5, 5.41) is 3.43. The lowest BCUT2D eigenvalue weighted by atomic mass is 10.1. The highest BCUT2D eigenvalue weighted by Gasteiger charge is 2.20. The Morgan fingerprint density at radius 2 is 1.26 bits per heavy atom. The van der Waals surface area contributed by atoms with Crippen molar-refractivity contribution in [3.8, 4) is 22.6 Å². The number of pyridine rings is 1. The molecule has 0 fully saturated rings. The molecule has 4 aromatic carbocycles. The fraction of sp³-hybridized carbons (Fsp3) is 0. The van der Waals surface area contributed by atoms with E-state index in [0.29, 0.717) is 11.5 Å². The summed E-state index contributed by atoms with van der Waals surface area (Å²) in [5.41, 5.74) is 6.42.